The topological polar surface area (TPSA) is 21.4 Å². The Labute approximate surface area is 163 Å². The lowest BCUT2D eigenvalue weighted by Gasteiger charge is -2.10. The molecule has 3 aromatic carbocycles. The molecule has 0 unspecified atom stereocenters. The number of hydrogen-bond donors (Lipinski definition) is 0. The summed E-state index contributed by atoms with van der Waals surface area (Å²) in [7, 11) is 2.10. The molecule has 0 fully saturated rings. The molecule has 3 heteroatoms. The standard InChI is InChI=1S/C25H19N2O/c1-15-14-19-18-9-7-10-20(26-3)24(18)28-25(19)23(16(15)2)22-13-12-17-8-5-6-11-21(17)27(22)4/h5-14H,1-2,4H3/q+1. The molecule has 2 aromatic heterocycles. The van der Waals surface area contributed by atoms with E-state index in [0.717, 1.165) is 27.6 Å². The molecule has 0 bridgehead atoms. The van der Waals surface area contributed by atoms with Gasteiger partial charge >= 0.3 is 0 Å². The Morgan fingerprint density at radius 1 is 0.893 bits per heavy atom. The summed E-state index contributed by atoms with van der Waals surface area (Å²) in [6, 6.07) is 20.7. The molecule has 5 aromatic rings. The van der Waals surface area contributed by atoms with E-state index >= 15 is 0 Å². The van der Waals surface area contributed by atoms with Gasteiger partial charge in [0.25, 0.3) is 0 Å². The molecule has 0 spiro atoms. The summed E-state index contributed by atoms with van der Waals surface area (Å²) < 4.78 is 8.56. The number of para-hydroxylation sites is 2. The molecule has 28 heavy (non-hydrogen) atoms. The molecule has 0 aliphatic rings. The highest BCUT2D eigenvalue weighted by Crippen LogP contribution is 2.41. The van der Waals surface area contributed by atoms with E-state index in [1.165, 1.54) is 22.0 Å². The summed E-state index contributed by atoms with van der Waals surface area (Å²) in [5.41, 5.74) is 7.85. The Bertz CT molecular complexity index is 1450. The fraction of sp³-hybridized carbons (Fsp3) is 0.120. The number of nitrogens with zero attached hydrogens (tertiary/aromatic N) is 2. The highest BCUT2D eigenvalue weighted by Gasteiger charge is 2.23. The molecule has 134 valence electrons. The van der Waals surface area contributed by atoms with Crippen molar-refractivity contribution < 1.29 is 8.98 Å². The van der Waals surface area contributed by atoms with Gasteiger partial charge in [-0.2, -0.15) is 4.57 Å². The maximum Gasteiger partial charge on any atom is 0.229 e. The third-order valence-electron chi connectivity index (χ3n) is 5.74. The molecule has 5 rings (SSSR count). The lowest BCUT2D eigenvalue weighted by Crippen LogP contribution is -2.32. The van der Waals surface area contributed by atoms with Crippen molar-refractivity contribution in [2.75, 3.05) is 0 Å². The van der Waals surface area contributed by atoms with Crippen LogP contribution in [0.25, 0.3) is 48.9 Å². The van der Waals surface area contributed by atoms with Gasteiger partial charge in [-0.3, -0.25) is 0 Å². The first kappa shape index (κ1) is 16.5. The number of hydrogen-bond acceptors (Lipinski definition) is 1. The van der Waals surface area contributed by atoms with Crippen molar-refractivity contribution >= 4 is 38.5 Å². The van der Waals surface area contributed by atoms with Crippen LogP contribution < -0.4 is 4.57 Å². The Balaban J connectivity index is 1.96. The number of aromatic nitrogens is 1. The summed E-state index contributed by atoms with van der Waals surface area (Å²) in [6.45, 7) is 11.8. The third-order valence-corrected chi connectivity index (χ3v) is 5.74. The van der Waals surface area contributed by atoms with Gasteiger partial charge in [0.15, 0.2) is 0 Å². The van der Waals surface area contributed by atoms with Gasteiger partial charge < -0.3 is 4.42 Å². The van der Waals surface area contributed by atoms with E-state index in [1.807, 2.05) is 18.2 Å². The Hall–Kier alpha value is -3.64. The summed E-state index contributed by atoms with van der Waals surface area (Å²) >= 11 is 0. The Morgan fingerprint density at radius 2 is 1.71 bits per heavy atom. The van der Waals surface area contributed by atoms with Gasteiger partial charge in [0, 0.05) is 28.3 Å². The van der Waals surface area contributed by atoms with E-state index in [2.05, 4.69) is 72.8 Å². The van der Waals surface area contributed by atoms with Gasteiger partial charge in [0.2, 0.25) is 16.9 Å². The lowest BCUT2D eigenvalue weighted by atomic mass is 9.96. The SMILES string of the molecule is [C-]#[N+]c1cccc2c1oc1c(-c3ccc4ccccc4[n+]3C)c(C)c(C)cc12. The van der Waals surface area contributed by atoms with Crippen molar-refractivity contribution in [1.29, 1.82) is 0 Å². The van der Waals surface area contributed by atoms with E-state index in [1.54, 1.807) is 0 Å². The first-order valence-corrected chi connectivity index (χ1v) is 9.31. The van der Waals surface area contributed by atoms with Gasteiger partial charge in [-0.05, 0) is 43.2 Å². The van der Waals surface area contributed by atoms with E-state index in [9.17, 15) is 0 Å². The zero-order valence-corrected chi connectivity index (χ0v) is 16.1. The van der Waals surface area contributed by atoms with Crippen molar-refractivity contribution in [3.63, 3.8) is 0 Å². The number of benzene rings is 3. The third kappa shape index (κ3) is 2.18. The van der Waals surface area contributed by atoms with Crippen LogP contribution in [0, 0.1) is 20.4 Å². The second-order valence-electron chi connectivity index (χ2n) is 7.27. The molecule has 3 nitrogen and oxygen atoms in total. The lowest BCUT2D eigenvalue weighted by molar-refractivity contribution is -0.633. The van der Waals surface area contributed by atoms with Crippen molar-refractivity contribution in [1.82, 2.24) is 0 Å². The molecule has 0 N–H and O–H groups in total. The fourth-order valence-corrected chi connectivity index (χ4v) is 4.14. The minimum absolute atomic E-state index is 0.554. The highest BCUT2D eigenvalue weighted by atomic mass is 16.3. The van der Waals surface area contributed by atoms with Crippen LogP contribution in [0.4, 0.5) is 5.69 Å². The van der Waals surface area contributed by atoms with Crippen LogP contribution in [0.3, 0.4) is 0 Å². The maximum atomic E-state index is 7.49. The predicted octanol–water partition coefficient (Wildman–Crippen LogP) is 6.40. The second kappa shape index (κ2) is 5.94. The van der Waals surface area contributed by atoms with E-state index in [4.69, 9.17) is 11.0 Å². The van der Waals surface area contributed by atoms with Crippen molar-refractivity contribution in [3.05, 3.63) is 83.2 Å². The molecule has 2 heterocycles. The molecular weight excluding hydrogens is 344 g/mol. The Morgan fingerprint density at radius 3 is 2.54 bits per heavy atom. The smallest absolute Gasteiger partial charge is 0.229 e. The molecule has 0 aliphatic carbocycles. The summed E-state index contributed by atoms with van der Waals surface area (Å²) in [6.07, 6.45) is 0. The molecule has 0 saturated carbocycles. The molecule has 0 saturated heterocycles. The van der Waals surface area contributed by atoms with E-state index in [-0.39, 0.29) is 0 Å². The van der Waals surface area contributed by atoms with Gasteiger partial charge in [0.1, 0.15) is 18.2 Å². The van der Waals surface area contributed by atoms with Gasteiger partial charge in [-0.25, -0.2) is 4.85 Å². The monoisotopic (exact) mass is 363 g/mol. The fourth-order valence-electron chi connectivity index (χ4n) is 4.14. The number of fused-ring (bicyclic) bond motifs is 4. The zero-order chi connectivity index (χ0) is 19.4. The van der Waals surface area contributed by atoms with Crippen molar-refractivity contribution in [2.45, 2.75) is 13.8 Å². The second-order valence-corrected chi connectivity index (χ2v) is 7.27. The zero-order valence-electron chi connectivity index (χ0n) is 16.1. The molecule has 0 radical (unpaired) electrons. The summed E-state index contributed by atoms with van der Waals surface area (Å²) in [5, 5.41) is 3.26. The van der Waals surface area contributed by atoms with Crippen LogP contribution in [0.5, 0.6) is 0 Å². The van der Waals surface area contributed by atoms with Crippen LogP contribution in [0.15, 0.2) is 65.1 Å². The highest BCUT2D eigenvalue weighted by molar-refractivity contribution is 6.13. The van der Waals surface area contributed by atoms with Gasteiger partial charge in [-0.1, -0.05) is 30.3 Å². The minimum Gasteiger partial charge on any atom is -0.466 e. The Kier molecular flexibility index (Phi) is 3.50. The first-order valence-electron chi connectivity index (χ1n) is 9.31. The minimum atomic E-state index is 0.554. The maximum absolute atomic E-state index is 7.49. The average molecular weight is 363 g/mol. The summed E-state index contributed by atoms with van der Waals surface area (Å²) in [4.78, 5) is 3.65. The van der Waals surface area contributed by atoms with Gasteiger partial charge in [0.05, 0.1) is 12.1 Å². The van der Waals surface area contributed by atoms with Crippen LogP contribution in [-0.2, 0) is 7.05 Å². The van der Waals surface area contributed by atoms with Crippen LogP contribution in [-0.4, -0.2) is 0 Å². The van der Waals surface area contributed by atoms with E-state index in [0.29, 0.717) is 11.3 Å². The average Bonchev–Trinajstić information content (AvgIpc) is 3.08. The van der Waals surface area contributed by atoms with Crippen LogP contribution >= 0.6 is 0 Å². The predicted molar refractivity (Wildman–Crippen MR) is 114 cm³/mol. The normalized spacial score (nSPS) is 11.4. The van der Waals surface area contributed by atoms with Crippen molar-refractivity contribution in [2.24, 2.45) is 7.05 Å². The number of aryl methyl sites for hydroxylation is 2. The van der Waals surface area contributed by atoms with Gasteiger partial charge in [-0.15, -0.1) is 0 Å². The number of pyridine rings is 1. The molecule has 0 aliphatic heterocycles. The molecule has 0 atom stereocenters. The summed E-state index contributed by atoms with van der Waals surface area (Å²) in [5.74, 6) is 0. The van der Waals surface area contributed by atoms with Crippen LogP contribution in [0.1, 0.15) is 11.1 Å². The van der Waals surface area contributed by atoms with Crippen molar-refractivity contribution in [3.8, 4) is 11.3 Å². The largest absolute Gasteiger partial charge is 0.466 e. The van der Waals surface area contributed by atoms with E-state index < -0.39 is 0 Å². The molecule has 0 amide bonds. The number of furan rings is 1. The van der Waals surface area contributed by atoms with Crippen LogP contribution in [0.2, 0.25) is 0 Å². The quantitative estimate of drug-likeness (QED) is 0.249. The molecular formula is C25H19N2O+. The number of rotatable bonds is 1. The first-order chi connectivity index (χ1) is 13.6.